The van der Waals surface area contributed by atoms with Gasteiger partial charge >= 0.3 is 39.5 Å². The summed E-state index contributed by atoms with van der Waals surface area (Å²) in [5.74, 6) is -2.30. The third kappa shape index (κ3) is 74.0. The molecular weight excluding hydrogens is 1330 g/mol. The predicted octanol–water partition coefficient (Wildman–Crippen LogP) is 23.3. The lowest BCUT2D eigenvalue weighted by Gasteiger charge is -2.21. The molecule has 17 nitrogen and oxygen atoms in total. The van der Waals surface area contributed by atoms with Crippen molar-refractivity contribution in [2.24, 2.45) is 0 Å². The molecule has 5 atom stereocenters. The molecule has 0 aliphatic heterocycles. The normalized spacial score (nSPS) is 14.5. The van der Waals surface area contributed by atoms with Gasteiger partial charge in [-0.15, -0.1) is 0 Å². The van der Waals surface area contributed by atoms with Gasteiger partial charge in [0.25, 0.3) is 0 Å². The highest BCUT2D eigenvalue weighted by molar-refractivity contribution is 7.47. The van der Waals surface area contributed by atoms with Crippen LogP contribution in [0.4, 0.5) is 0 Å². The van der Waals surface area contributed by atoms with E-state index in [1.807, 2.05) is 24.3 Å². The van der Waals surface area contributed by atoms with Crippen LogP contribution >= 0.6 is 15.6 Å². The summed E-state index contributed by atoms with van der Waals surface area (Å²) in [7, 11) is -9.99. The van der Waals surface area contributed by atoms with Crippen LogP contribution in [-0.4, -0.2) is 96.7 Å². The van der Waals surface area contributed by atoms with E-state index >= 15 is 0 Å². The molecule has 0 heterocycles. The first-order valence-corrected chi connectivity index (χ1v) is 43.1. The first kappa shape index (κ1) is 97.7. The molecule has 0 saturated carbocycles. The second-order valence-corrected chi connectivity index (χ2v) is 29.6. The smallest absolute Gasteiger partial charge is 0.462 e. The van der Waals surface area contributed by atoms with Crippen LogP contribution in [0.2, 0.25) is 0 Å². The fourth-order valence-corrected chi connectivity index (χ4v) is 12.1. The Bertz CT molecular complexity index is 2360. The van der Waals surface area contributed by atoms with Gasteiger partial charge in [-0.2, -0.15) is 0 Å². The summed E-state index contributed by atoms with van der Waals surface area (Å²) < 4.78 is 68.5. The lowest BCUT2D eigenvalue weighted by Crippen LogP contribution is -2.30. The molecule has 0 aromatic carbocycles. The second kappa shape index (κ2) is 75.0. The topological polar surface area (TPSA) is 237 Å². The highest BCUT2D eigenvalue weighted by Crippen LogP contribution is 2.45. The number of ether oxygens (including phenoxy) is 4. The van der Waals surface area contributed by atoms with Crippen LogP contribution in [0.15, 0.2) is 109 Å². The van der Waals surface area contributed by atoms with E-state index in [4.69, 9.17) is 37.0 Å². The Balaban J connectivity index is 5.45. The molecule has 0 aromatic rings. The van der Waals surface area contributed by atoms with Crippen molar-refractivity contribution in [2.45, 2.75) is 354 Å². The Kier molecular flexibility index (Phi) is 71.8. The lowest BCUT2D eigenvalue weighted by molar-refractivity contribution is -0.161. The van der Waals surface area contributed by atoms with E-state index in [9.17, 15) is 43.2 Å². The van der Waals surface area contributed by atoms with Gasteiger partial charge in [0.05, 0.1) is 26.4 Å². The molecule has 0 fully saturated rings. The van der Waals surface area contributed by atoms with Crippen molar-refractivity contribution in [3.8, 4) is 0 Å². The molecule has 0 bridgehead atoms. The Hall–Kier alpha value is -4.28. The summed E-state index contributed by atoms with van der Waals surface area (Å²) in [5.41, 5.74) is 0. The van der Waals surface area contributed by atoms with Gasteiger partial charge < -0.3 is 33.8 Å². The standard InChI is InChI=1S/C83H144O17P2/c1-5-9-13-17-21-25-29-33-36-38-41-44-48-52-56-60-64-68-81(86)94-74-79(100-83(88)70-66-62-58-54-50-46-42-39-37-34-30-26-22-18-14-10-6-2)76-98-102(91,92)96-72-77(84)71-95-101(89,90)97-75-78(73-93-80(85)67-63-59-55-51-47-43-32-28-24-20-16-12-8-4)99-82(87)69-65-61-57-53-49-45-40-35-31-27-23-19-15-11-7-3/h21-22,25-26,28,32-34,36-37,41-42,44,46,52,54,56,58,77-79,84H,5-20,23-24,27,29-31,35,38-40,43,45,47-51,53,55,57,59-76H2,1-4H3,(H,89,90)(H,91,92)/b25-21-,26-22-,32-28-,36-33-,37-34-,44-41-,46-42-,56-52-,58-54-/t77-,78+,79+/m0/s1. The number of hydrogen-bond donors (Lipinski definition) is 3. The Morgan fingerprint density at radius 3 is 0.824 bits per heavy atom. The molecule has 0 radical (unpaired) electrons. The number of carbonyl (C=O) groups excluding carboxylic acids is 4. The zero-order chi connectivity index (χ0) is 74.6. The molecule has 3 N–H and O–H groups in total. The number of rotatable bonds is 75. The van der Waals surface area contributed by atoms with Crippen molar-refractivity contribution < 1.29 is 80.2 Å². The Morgan fingerprint density at radius 1 is 0.275 bits per heavy atom. The van der Waals surface area contributed by atoms with Crippen LogP contribution in [0.3, 0.4) is 0 Å². The van der Waals surface area contributed by atoms with E-state index in [1.165, 1.54) is 128 Å². The minimum atomic E-state index is -5.00. The number of esters is 4. The average molecular weight is 1480 g/mol. The quantitative estimate of drug-likeness (QED) is 0.0169. The monoisotopic (exact) mass is 1470 g/mol. The van der Waals surface area contributed by atoms with E-state index in [-0.39, 0.29) is 25.7 Å². The summed E-state index contributed by atoms with van der Waals surface area (Å²) in [5, 5.41) is 10.6. The lowest BCUT2D eigenvalue weighted by atomic mass is 10.0. The largest absolute Gasteiger partial charge is 0.472 e. The number of aliphatic hydroxyl groups is 1. The van der Waals surface area contributed by atoms with Gasteiger partial charge in [-0.1, -0.05) is 291 Å². The van der Waals surface area contributed by atoms with Crippen molar-refractivity contribution in [3.63, 3.8) is 0 Å². The summed E-state index contributed by atoms with van der Waals surface area (Å²) in [6.45, 7) is 4.70. The molecule has 102 heavy (non-hydrogen) atoms. The number of hydrogen-bond acceptors (Lipinski definition) is 15. The highest BCUT2D eigenvalue weighted by atomic mass is 31.2. The van der Waals surface area contributed by atoms with Crippen molar-refractivity contribution in [3.05, 3.63) is 109 Å². The molecule has 0 saturated heterocycles. The van der Waals surface area contributed by atoms with Gasteiger partial charge in [0.1, 0.15) is 19.3 Å². The first-order valence-electron chi connectivity index (χ1n) is 40.1. The van der Waals surface area contributed by atoms with E-state index in [2.05, 4.69) is 113 Å². The summed E-state index contributed by atoms with van der Waals surface area (Å²) in [4.78, 5) is 72.9. The Labute approximate surface area is 619 Å². The first-order chi connectivity index (χ1) is 49.7. The van der Waals surface area contributed by atoms with Crippen LogP contribution < -0.4 is 0 Å². The fraction of sp³-hybridized carbons (Fsp3) is 0.735. The third-order valence-electron chi connectivity index (χ3n) is 16.7. The zero-order valence-corrected chi connectivity index (χ0v) is 66.0. The number of phosphoric ester groups is 2. The van der Waals surface area contributed by atoms with Crippen molar-refractivity contribution in [2.75, 3.05) is 39.6 Å². The maximum atomic E-state index is 13.1. The van der Waals surface area contributed by atoms with Gasteiger partial charge in [-0.3, -0.25) is 37.3 Å². The summed E-state index contributed by atoms with van der Waals surface area (Å²) in [6.07, 6.45) is 80.8. The Morgan fingerprint density at radius 2 is 0.490 bits per heavy atom. The van der Waals surface area contributed by atoms with E-state index in [0.717, 1.165) is 116 Å². The molecule has 19 heteroatoms. The maximum Gasteiger partial charge on any atom is 0.472 e. The number of allylic oxidation sites excluding steroid dienone is 18. The number of aliphatic hydroxyl groups excluding tert-OH is 1. The van der Waals surface area contributed by atoms with Gasteiger partial charge in [-0.25, -0.2) is 9.13 Å². The van der Waals surface area contributed by atoms with Crippen LogP contribution in [0, 0.1) is 0 Å². The molecule has 588 valence electrons. The van der Waals surface area contributed by atoms with Gasteiger partial charge in [0, 0.05) is 25.7 Å². The molecule has 0 rings (SSSR count). The van der Waals surface area contributed by atoms with Crippen LogP contribution in [0.25, 0.3) is 0 Å². The van der Waals surface area contributed by atoms with E-state index in [0.29, 0.717) is 38.5 Å². The molecule has 0 aliphatic carbocycles. The van der Waals surface area contributed by atoms with Crippen LogP contribution in [0.1, 0.15) is 336 Å². The van der Waals surface area contributed by atoms with Crippen molar-refractivity contribution in [1.82, 2.24) is 0 Å². The van der Waals surface area contributed by atoms with Gasteiger partial charge in [0.15, 0.2) is 12.2 Å². The molecule has 0 aliphatic rings. The summed E-state index contributed by atoms with van der Waals surface area (Å²) in [6, 6.07) is 0. The van der Waals surface area contributed by atoms with Gasteiger partial charge in [0.2, 0.25) is 0 Å². The van der Waals surface area contributed by atoms with Crippen LogP contribution in [-0.2, 0) is 65.4 Å². The molecule has 2 unspecified atom stereocenters. The van der Waals surface area contributed by atoms with E-state index in [1.54, 1.807) is 0 Å². The van der Waals surface area contributed by atoms with Crippen molar-refractivity contribution in [1.29, 1.82) is 0 Å². The molecule has 0 aromatic heterocycles. The SMILES string of the molecule is CCCCC/C=C\C/C=C\C/C=C\C/C=C\CCCC(=O)OC[C@H](COP(=O)(O)OC[C@@H](O)COP(=O)(O)OC[C@@H](COC(=O)CCCCCCC/C=C\CCCCCC)OC(=O)CCCCCCCCCCCCCCCCC)OC(=O)CCC/C=C\C/C=C\C/C=C\C/C=C\CCCCC. The minimum Gasteiger partial charge on any atom is -0.462 e. The predicted molar refractivity (Wildman–Crippen MR) is 418 cm³/mol. The minimum absolute atomic E-state index is 0.00648. The maximum absolute atomic E-state index is 13.1. The fourth-order valence-electron chi connectivity index (χ4n) is 10.6. The van der Waals surface area contributed by atoms with Gasteiger partial charge in [-0.05, 0) is 128 Å². The average Bonchev–Trinajstić information content (AvgIpc) is 0.943. The number of carbonyl (C=O) groups is 4. The zero-order valence-electron chi connectivity index (χ0n) is 64.3. The van der Waals surface area contributed by atoms with Crippen molar-refractivity contribution >= 4 is 39.5 Å². The molecular formula is C83H144O17P2. The summed E-state index contributed by atoms with van der Waals surface area (Å²) >= 11 is 0. The van der Waals surface area contributed by atoms with Crippen LogP contribution in [0.5, 0.6) is 0 Å². The molecule has 0 amide bonds. The van der Waals surface area contributed by atoms with E-state index < -0.39 is 97.5 Å². The number of unbranched alkanes of at least 4 members (excludes halogenated alkanes) is 31. The third-order valence-corrected chi connectivity index (χ3v) is 18.6. The molecule has 0 spiro atoms. The second-order valence-electron chi connectivity index (χ2n) is 26.7. The highest BCUT2D eigenvalue weighted by Gasteiger charge is 2.30. The number of phosphoric acid groups is 2.